The zero-order chi connectivity index (χ0) is 14.5. The molecule has 0 radical (unpaired) electrons. The Morgan fingerprint density at radius 1 is 1.40 bits per heavy atom. The van der Waals surface area contributed by atoms with Crippen LogP contribution >= 0.6 is 11.3 Å². The van der Waals surface area contributed by atoms with Crippen LogP contribution < -0.4 is 10.6 Å². The minimum atomic E-state index is -0.102. The summed E-state index contributed by atoms with van der Waals surface area (Å²) >= 11 is 1.59. The van der Waals surface area contributed by atoms with E-state index in [1.165, 1.54) is 17.7 Å². The Bertz CT molecular complexity index is 436. The van der Waals surface area contributed by atoms with Crippen LogP contribution in [-0.2, 0) is 17.6 Å². The molecule has 2 rings (SSSR count). The van der Waals surface area contributed by atoms with Crippen molar-refractivity contribution < 1.29 is 9.90 Å². The molecule has 6 heteroatoms. The second kappa shape index (κ2) is 7.15. The summed E-state index contributed by atoms with van der Waals surface area (Å²) in [6.07, 6.45) is 4.52. The Kier molecular flexibility index (Phi) is 5.51. The summed E-state index contributed by atoms with van der Waals surface area (Å²) in [7, 11) is 0. The van der Waals surface area contributed by atoms with Gasteiger partial charge in [-0.15, -0.1) is 11.3 Å². The van der Waals surface area contributed by atoms with E-state index >= 15 is 0 Å². The molecule has 0 saturated heterocycles. The zero-order valence-electron chi connectivity index (χ0n) is 12.1. The van der Waals surface area contributed by atoms with Crippen molar-refractivity contribution in [2.75, 3.05) is 18.5 Å². The van der Waals surface area contributed by atoms with Gasteiger partial charge in [-0.3, -0.25) is 4.79 Å². The molecule has 1 aromatic heterocycles. The average molecular weight is 297 g/mol. The van der Waals surface area contributed by atoms with Crippen molar-refractivity contribution in [3.8, 4) is 0 Å². The van der Waals surface area contributed by atoms with Crippen LogP contribution in [0.25, 0.3) is 0 Å². The second-order valence-electron chi connectivity index (χ2n) is 5.56. The zero-order valence-corrected chi connectivity index (χ0v) is 12.9. The van der Waals surface area contributed by atoms with Gasteiger partial charge >= 0.3 is 0 Å². The van der Waals surface area contributed by atoms with Crippen LogP contribution in [0.5, 0.6) is 0 Å². The lowest BCUT2D eigenvalue weighted by atomic mass is 10.0. The van der Waals surface area contributed by atoms with Gasteiger partial charge in [0, 0.05) is 10.9 Å². The number of carbonyl (C=O) groups is 1. The van der Waals surface area contributed by atoms with Gasteiger partial charge in [0.25, 0.3) is 0 Å². The molecule has 0 aromatic carbocycles. The quantitative estimate of drug-likeness (QED) is 0.745. The number of rotatable bonds is 6. The van der Waals surface area contributed by atoms with Crippen molar-refractivity contribution in [1.82, 2.24) is 10.3 Å². The number of aromatic nitrogens is 1. The van der Waals surface area contributed by atoms with E-state index in [-0.39, 0.29) is 25.1 Å². The number of amides is 1. The minimum Gasteiger partial charge on any atom is -0.395 e. The topological polar surface area (TPSA) is 74.2 Å². The van der Waals surface area contributed by atoms with Gasteiger partial charge in [-0.1, -0.05) is 13.8 Å². The molecule has 1 amide bonds. The number of anilines is 1. The standard InChI is InChI=1S/C14H23N3O2S/c1-9(2)11(8-18)15-7-13(19)17-14-16-10-5-3-4-6-12(10)20-14/h9,11,15,18H,3-8H2,1-2H3,(H,16,17,19)/t11-/m1/s1. The van der Waals surface area contributed by atoms with Crippen LogP contribution in [0.4, 0.5) is 5.13 Å². The summed E-state index contributed by atoms with van der Waals surface area (Å²) in [6, 6.07) is -0.0507. The minimum absolute atomic E-state index is 0.0382. The van der Waals surface area contributed by atoms with Crippen LogP contribution in [0.1, 0.15) is 37.3 Å². The molecule has 20 heavy (non-hydrogen) atoms. The Balaban J connectivity index is 1.83. The molecule has 0 bridgehead atoms. The van der Waals surface area contributed by atoms with E-state index in [0.717, 1.165) is 18.5 Å². The molecule has 5 nitrogen and oxygen atoms in total. The van der Waals surface area contributed by atoms with Gasteiger partial charge in [-0.2, -0.15) is 0 Å². The third kappa shape index (κ3) is 4.01. The summed E-state index contributed by atoms with van der Waals surface area (Å²) in [5.41, 5.74) is 1.15. The lowest BCUT2D eigenvalue weighted by Crippen LogP contribution is -2.41. The van der Waals surface area contributed by atoms with Gasteiger partial charge in [0.15, 0.2) is 5.13 Å². The fourth-order valence-corrected chi connectivity index (χ4v) is 3.37. The van der Waals surface area contributed by atoms with Crippen LogP contribution in [-0.4, -0.2) is 35.2 Å². The highest BCUT2D eigenvalue weighted by atomic mass is 32.1. The van der Waals surface area contributed by atoms with E-state index in [1.54, 1.807) is 11.3 Å². The molecule has 0 unspecified atom stereocenters. The molecular formula is C14H23N3O2S. The first kappa shape index (κ1) is 15.4. The molecule has 1 aliphatic rings. The fraction of sp³-hybridized carbons (Fsp3) is 0.714. The maximum Gasteiger partial charge on any atom is 0.240 e. The maximum atomic E-state index is 11.9. The molecule has 0 saturated carbocycles. The summed E-state index contributed by atoms with van der Waals surface area (Å²) in [5.74, 6) is 0.190. The maximum absolute atomic E-state index is 11.9. The Morgan fingerprint density at radius 2 is 2.15 bits per heavy atom. The molecule has 112 valence electrons. The fourth-order valence-electron chi connectivity index (χ4n) is 2.30. The van der Waals surface area contributed by atoms with Gasteiger partial charge in [0.2, 0.25) is 5.91 Å². The van der Waals surface area contributed by atoms with E-state index in [0.29, 0.717) is 11.0 Å². The highest BCUT2D eigenvalue weighted by molar-refractivity contribution is 7.15. The summed E-state index contributed by atoms with van der Waals surface area (Å²) in [5, 5.41) is 15.8. The van der Waals surface area contributed by atoms with E-state index in [9.17, 15) is 9.90 Å². The van der Waals surface area contributed by atoms with E-state index < -0.39 is 0 Å². The number of nitrogens with one attached hydrogen (secondary N) is 2. The first-order valence-electron chi connectivity index (χ1n) is 7.22. The molecule has 1 aliphatic carbocycles. The molecule has 0 fully saturated rings. The SMILES string of the molecule is CC(C)[C@@H](CO)NCC(=O)Nc1nc2c(s1)CCCC2. The smallest absolute Gasteiger partial charge is 0.240 e. The second-order valence-corrected chi connectivity index (χ2v) is 6.64. The molecule has 0 spiro atoms. The van der Waals surface area contributed by atoms with Crippen molar-refractivity contribution in [3.05, 3.63) is 10.6 Å². The largest absolute Gasteiger partial charge is 0.395 e. The number of thiazole rings is 1. The lowest BCUT2D eigenvalue weighted by Gasteiger charge is -2.19. The van der Waals surface area contributed by atoms with Gasteiger partial charge in [-0.05, 0) is 31.6 Å². The van der Waals surface area contributed by atoms with Crippen molar-refractivity contribution in [2.45, 2.75) is 45.6 Å². The van der Waals surface area contributed by atoms with Gasteiger partial charge in [0.1, 0.15) is 0 Å². The van der Waals surface area contributed by atoms with Crippen molar-refractivity contribution in [3.63, 3.8) is 0 Å². The van der Waals surface area contributed by atoms with Gasteiger partial charge in [0.05, 0.1) is 18.8 Å². The lowest BCUT2D eigenvalue weighted by molar-refractivity contribution is -0.115. The monoisotopic (exact) mass is 297 g/mol. The Labute approximate surface area is 123 Å². The molecule has 3 N–H and O–H groups in total. The first-order valence-corrected chi connectivity index (χ1v) is 8.04. The number of aliphatic hydroxyl groups is 1. The number of fused-ring (bicyclic) bond motifs is 1. The normalized spacial score (nSPS) is 16.0. The van der Waals surface area contributed by atoms with Crippen LogP contribution in [0.3, 0.4) is 0 Å². The molecule has 1 atom stereocenters. The number of aryl methyl sites for hydroxylation is 2. The predicted molar refractivity (Wildman–Crippen MR) is 81.1 cm³/mol. The number of nitrogens with zero attached hydrogens (tertiary/aromatic N) is 1. The Morgan fingerprint density at radius 3 is 2.80 bits per heavy atom. The van der Waals surface area contributed by atoms with Crippen LogP contribution in [0.2, 0.25) is 0 Å². The predicted octanol–water partition coefficient (Wildman–Crippen LogP) is 1.57. The number of aliphatic hydroxyl groups excluding tert-OH is 1. The third-order valence-electron chi connectivity index (χ3n) is 3.62. The molecule has 1 aromatic rings. The van der Waals surface area contributed by atoms with Gasteiger partial charge < -0.3 is 15.7 Å². The van der Waals surface area contributed by atoms with Crippen molar-refractivity contribution in [2.24, 2.45) is 5.92 Å². The van der Waals surface area contributed by atoms with Crippen molar-refractivity contribution >= 4 is 22.4 Å². The highest BCUT2D eigenvalue weighted by Crippen LogP contribution is 2.29. The van der Waals surface area contributed by atoms with E-state index in [2.05, 4.69) is 15.6 Å². The van der Waals surface area contributed by atoms with E-state index in [1.807, 2.05) is 13.8 Å². The number of hydrogen-bond donors (Lipinski definition) is 3. The number of hydrogen-bond acceptors (Lipinski definition) is 5. The number of carbonyl (C=O) groups excluding carboxylic acids is 1. The van der Waals surface area contributed by atoms with Gasteiger partial charge in [-0.25, -0.2) is 4.98 Å². The summed E-state index contributed by atoms with van der Waals surface area (Å²) < 4.78 is 0. The molecule has 0 aliphatic heterocycles. The van der Waals surface area contributed by atoms with Crippen molar-refractivity contribution in [1.29, 1.82) is 0 Å². The third-order valence-corrected chi connectivity index (χ3v) is 4.69. The highest BCUT2D eigenvalue weighted by Gasteiger charge is 2.17. The molecular weight excluding hydrogens is 274 g/mol. The van der Waals surface area contributed by atoms with Crippen LogP contribution in [0, 0.1) is 5.92 Å². The Hall–Kier alpha value is -0.980. The molecule has 1 heterocycles. The first-order chi connectivity index (χ1) is 9.60. The summed E-state index contributed by atoms with van der Waals surface area (Å²) in [6.45, 7) is 4.27. The summed E-state index contributed by atoms with van der Waals surface area (Å²) in [4.78, 5) is 17.7. The van der Waals surface area contributed by atoms with E-state index in [4.69, 9.17) is 0 Å². The average Bonchev–Trinajstić information content (AvgIpc) is 2.80. The van der Waals surface area contributed by atoms with Crippen LogP contribution in [0.15, 0.2) is 0 Å².